The quantitative estimate of drug-likeness (QED) is 0.132. The largest absolute Gasteiger partial charge is 0.465 e. The number of likely N-dealkylation sites (N-methyl/N-ethyl adjacent to an activating group) is 1. The summed E-state index contributed by atoms with van der Waals surface area (Å²) in [6, 6.07) is 8.28. The predicted octanol–water partition coefficient (Wildman–Crippen LogP) is 6.36. The van der Waals surface area contributed by atoms with Crippen molar-refractivity contribution in [3.63, 3.8) is 0 Å². The number of hydrogen-bond donors (Lipinski definition) is 2. The van der Waals surface area contributed by atoms with Crippen LogP contribution in [0.2, 0.25) is 0 Å². The zero-order chi connectivity index (χ0) is 54.7. The molecule has 406 valence electrons. The molecule has 2 fully saturated rings. The zero-order valence-corrected chi connectivity index (χ0v) is 46.9. The summed E-state index contributed by atoms with van der Waals surface area (Å²) in [6.07, 6.45) is 5.22. The average Bonchev–Trinajstić information content (AvgIpc) is 3.53. The van der Waals surface area contributed by atoms with Crippen LogP contribution in [0.3, 0.4) is 0 Å². The van der Waals surface area contributed by atoms with E-state index < -0.39 is 70.1 Å². The number of benzene rings is 1. The third-order valence-electron chi connectivity index (χ3n) is 15.7. The molecule has 0 saturated carbocycles. The van der Waals surface area contributed by atoms with E-state index in [0.717, 1.165) is 49.5 Å². The lowest BCUT2D eigenvalue weighted by Crippen LogP contribution is -2.62. The minimum Gasteiger partial charge on any atom is -0.465 e. The van der Waals surface area contributed by atoms with Crippen molar-refractivity contribution in [1.82, 2.24) is 44.9 Å². The molecule has 5 atom stereocenters. The van der Waals surface area contributed by atoms with E-state index in [9.17, 15) is 24.0 Å². The number of ether oxygens (including phenoxy) is 2. The minimum atomic E-state index is -2.34. The molecule has 6 heterocycles. The van der Waals surface area contributed by atoms with Gasteiger partial charge in [0.25, 0.3) is 17.7 Å². The number of carbonyl (C=O) groups excluding carboxylic acids is 5. The molecule has 75 heavy (non-hydrogen) atoms. The molecule has 18 heteroatoms. The molecule has 2 saturated heterocycles. The van der Waals surface area contributed by atoms with Gasteiger partial charge in [0.1, 0.15) is 23.0 Å². The van der Waals surface area contributed by atoms with Gasteiger partial charge in [-0.05, 0) is 120 Å². The van der Waals surface area contributed by atoms with Gasteiger partial charge in [0.15, 0.2) is 5.67 Å². The number of nitrogens with zero attached hydrogens (tertiary/aromatic N) is 7. The van der Waals surface area contributed by atoms with Crippen LogP contribution in [0.4, 0.5) is 4.39 Å². The van der Waals surface area contributed by atoms with Crippen LogP contribution in [-0.2, 0) is 46.4 Å². The molecule has 6 bridgehead atoms. The first-order valence-corrected chi connectivity index (χ1v) is 26.9. The smallest absolute Gasteiger partial charge is 0.315 e. The van der Waals surface area contributed by atoms with Crippen LogP contribution in [0, 0.1) is 29.1 Å². The highest BCUT2D eigenvalue weighted by molar-refractivity contribution is 7.80. The Morgan fingerprint density at radius 2 is 1.80 bits per heavy atom. The van der Waals surface area contributed by atoms with Gasteiger partial charge in [-0.1, -0.05) is 58.0 Å². The van der Waals surface area contributed by atoms with Crippen LogP contribution < -0.4 is 10.7 Å². The first kappa shape index (κ1) is 57.0. The number of aromatic nitrogens is 2. The van der Waals surface area contributed by atoms with Gasteiger partial charge in [-0.15, -0.1) is 0 Å². The lowest BCUT2D eigenvalue weighted by atomic mass is 9.84. The van der Waals surface area contributed by atoms with Crippen molar-refractivity contribution < 1.29 is 37.8 Å². The van der Waals surface area contributed by atoms with Gasteiger partial charge < -0.3 is 29.2 Å². The number of cyclic esters (lactones) is 1. The summed E-state index contributed by atoms with van der Waals surface area (Å²) in [5, 5.41) is 5.46. The van der Waals surface area contributed by atoms with Crippen molar-refractivity contribution in [2.24, 2.45) is 17.3 Å². The molecule has 4 amide bonds. The molecule has 0 spiro atoms. The first-order chi connectivity index (χ1) is 35.4. The summed E-state index contributed by atoms with van der Waals surface area (Å²) >= 11 is 5.86. The molecule has 1 unspecified atom stereocenters. The third-order valence-corrected chi connectivity index (χ3v) is 16.1. The number of aryl methyl sites for hydroxylation is 1. The van der Waals surface area contributed by atoms with Crippen LogP contribution in [0.5, 0.6) is 0 Å². The number of halogens is 1. The highest BCUT2D eigenvalue weighted by atomic mass is 32.1. The fourth-order valence-corrected chi connectivity index (χ4v) is 11.1. The summed E-state index contributed by atoms with van der Waals surface area (Å²) in [5.41, 5.74) is 6.68. The van der Waals surface area contributed by atoms with E-state index >= 15 is 4.39 Å². The van der Waals surface area contributed by atoms with Crippen LogP contribution in [0.1, 0.15) is 110 Å². The number of hydrazine groups is 1. The molecule has 1 aromatic carbocycles. The second kappa shape index (κ2) is 23.2. The number of pyridine rings is 1. The van der Waals surface area contributed by atoms with Crippen molar-refractivity contribution >= 4 is 63.3 Å². The van der Waals surface area contributed by atoms with Crippen LogP contribution in [0.15, 0.2) is 42.6 Å². The average molecular weight is 1050 g/mol. The predicted molar refractivity (Wildman–Crippen MR) is 292 cm³/mol. The normalized spacial score (nSPS) is 22.2. The molecule has 7 rings (SSSR count). The molecular weight excluding hydrogens is 974 g/mol. The summed E-state index contributed by atoms with van der Waals surface area (Å²) in [5.74, 6) is 1.48. The zero-order valence-electron chi connectivity index (χ0n) is 46.1. The molecule has 0 radical (unpaired) electrons. The van der Waals surface area contributed by atoms with Crippen molar-refractivity contribution in [1.29, 1.82) is 0 Å². The first-order valence-electron chi connectivity index (χ1n) is 26.5. The number of hydrogen-bond acceptors (Lipinski definition) is 11. The molecule has 0 aliphatic carbocycles. The van der Waals surface area contributed by atoms with E-state index in [0.29, 0.717) is 45.3 Å². The van der Waals surface area contributed by atoms with Gasteiger partial charge in [0, 0.05) is 101 Å². The summed E-state index contributed by atoms with van der Waals surface area (Å²) in [6.45, 7) is 17.8. The van der Waals surface area contributed by atoms with E-state index in [4.69, 9.17) is 26.7 Å². The Kier molecular flexibility index (Phi) is 17.7. The fourth-order valence-electron chi connectivity index (χ4n) is 10.7. The van der Waals surface area contributed by atoms with Crippen molar-refractivity contribution in [3.8, 4) is 23.1 Å². The molecule has 2 N–H and O–H groups in total. The number of nitrogens with one attached hydrogen (secondary N) is 2. The Balaban J connectivity index is 1.21. The van der Waals surface area contributed by atoms with Crippen molar-refractivity contribution in [2.45, 2.75) is 130 Å². The van der Waals surface area contributed by atoms with E-state index in [-0.39, 0.29) is 56.7 Å². The Bertz CT molecular complexity index is 2770. The Labute approximate surface area is 448 Å². The fraction of sp³-hybridized carbons (Fsp3) is 0.596. The molecule has 4 aliphatic rings. The SMILES string of the molecule is CCn1c(-c2cccnc2[C@H](C)OC)c2c3cc(ccc31)C1=CCCN(C1)C[C@H](NC(=O)[C@H](C(C)C)N(C)C(=O)C1(F)CCN(C(=O)C#CC(C)(C)N(C)C)CC1)C(=O)N1CCC[C@@H](C(=O)OCC(C)(C)C2)C(=S)N1. The van der Waals surface area contributed by atoms with E-state index in [1.165, 1.54) is 17.0 Å². The van der Waals surface area contributed by atoms with Crippen LogP contribution in [0.25, 0.3) is 27.7 Å². The number of likely N-dealkylation sites (tertiary alicyclic amines) is 1. The lowest BCUT2D eigenvalue weighted by molar-refractivity contribution is -0.154. The molecule has 2 aromatic heterocycles. The van der Waals surface area contributed by atoms with Gasteiger partial charge in [-0.25, -0.2) is 4.39 Å². The maximum absolute atomic E-state index is 16.8. The van der Waals surface area contributed by atoms with Gasteiger partial charge in [-0.3, -0.25) is 49.2 Å². The standard InChI is InChI=1S/C57H78FN9O7S/c1-13-66-45-21-20-38-31-42(45)43(49(66)40-18-14-26-59-47(40)37(4)73-12)32-55(5,6)35-74-53(71)41-19-16-28-67(61-51(41)75)52(70)44(34-64-27-15-17-39(38)33-64)60-50(69)48(36(2)3)63(11)54(72)57(58)24-29-65(30-25-57)46(68)22-23-56(7,8)62(9)10/h14,17-18,20-21,26,31,36-37,41,44,48H,13,15-16,19,24-25,27-30,32-35H2,1-12H3,(H,60,69)(H,61,75)/t37-,41+,44-,48-/m0/s1. The number of esters is 1. The molecule has 3 aromatic rings. The number of fused-ring (bicyclic) bond motifs is 7. The van der Waals surface area contributed by atoms with E-state index in [2.05, 4.69) is 83.2 Å². The number of rotatable bonds is 10. The highest BCUT2D eigenvalue weighted by Gasteiger charge is 2.47. The monoisotopic (exact) mass is 1050 g/mol. The number of piperidine rings is 1. The number of thiocarbonyl (C=S) groups is 1. The van der Waals surface area contributed by atoms with Gasteiger partial charge in [-0.2, -0.15) is 0 Å². The maximum atomic E-state index is 16.8. The third kappa shape index (κ3) is 12.4. The second-order valence-electron chi connectivity index (χ2n) is 22.6. The molecular formula is C57H78FN9O7S. The maximum Gasteiger partial charge on any atom is 0.315 e. The lowest BCUT2D eigenvalue weighted by Gasteiger charge is -2.40. The Hall–Kier alpha value is -5.74. The molecule has 16 nitrogen and oxygen atoms in total. The summed E-state index contributed by atoms with van der Waals surface area (Å²) in [4.78, 5) is 82.7. The van der Waals surface area contributed by atoms with Crippen molar-refractivity contribution in [2.75, 3.05) is 74.1 Å². The highest BCUT2D eigenvalue weighted by Crippen LogP contribution is 2.42. The van der Waals surface area contributed by atoms with Gasteiger partial charge in [0.05, 0.1) is 29.6 Å². The van der Waals surface area contributed by atoms with Crippen LogP contribution >= 0.6 is 12.2 Å². The van der Waals surface area contributed by atoms with Crippen LogP contribution in [-0.4, -0.2) is 166 Å². The number of alkyl halides is 1. The topological polar surface area (TPSA) is 162 Å². The van der Waals surface area contributed by atoms with Gasteiger partial charge >= 0.3 is 5.97 Å². The Morgan fingerprint density at radius 3 is 2.47 bits per heavy atom. The number of amides is 4. The minimum absolute atomic E-state index is 0.0172. The van der Waals surface area contributed by atoms with Crippen molar-refractivity contribution in [3.05, 3.63) is 59.4 Å². The Morgan fingerprint density at radius 1 is 1.08 bits per heavy atom. The number of methoxy groups -OCH3 is 1. The van der Waals surface area contributed by atoms with Gasteiger partial charge in [0.2, 0.25) is 5.91 Å². The second-order valence-corrected chi connectivity index (χ2v) is 23.0. The number of carbonyl (C=O) groups is 5. The molecule has 4 aliphatic heterocycles. The van der Waals surface area contributed by atoms with E-state index in [1.807, 2.05) is 45.8 Å². The van der Waals surface area contributed by atoms with E-state index in [1.54, 1.807) is 27.2 Å². The summed E-state index contributed by atoms with van der Waals surface area (Å²) in [7, 11) is 6.83. The summed E-state index contributed by atoms with van der Waals surface area (Å²) < 4.78 is 31.2.